The normalized spacial score (nSPS) is 18.0. The minimum absolute atomic E-state index is 0.0163. The Morgan fingerprint density at radius 2 is 2.17 bits per heavy atom. The molecule has 1 aliphatic rings. The first-order chi connectivity index (χ1) is 13.8. The van der Waals surface area contributed by atoms with Crippen LogP contribution in [0.5, 0.6) is 0 Å². The molecule has 29 heavy (non-hydrogen) atoms. The van der Waals surface area contributed by atoms with Crippen LogP contribution in [0.15, 0.2) is 23.2 Å². The molecule has 7 nitrogen and oxygen atoms in total. The molecule has 0 bridgehead atoms. The Morgan fingerprint density at radius 1 is 1.38 bits per heavy atom. The Balaban J connectivity index is 1.87. The monoisotopic (exact) mass is 428 g/mol. The van der Waals surface area contributed by atoms with E-state index in [1.165, 1.54) is 12.3 Å². The molecule has 0 radical (unpaired) electrons. The molecule has 2 N–H and O–H groups in total. The minimum Gasteiger partial charge on any atom is -0.378 e. The lowest BCUT2D eigenvalue weighted by atomic mass is 10.0. The maximum absolute atomic E-state index is 14.3. The summed E-state index contributed by atoms with van der Waals surface area (Å²) >= 11 is 0. The summed E-state index contributed by atoms with van der Waals surface area (Å²) in [5.74, 6) is 0.515. The number of hydrogen-bond donors (Lipinski definition) is 2. The molecule has 0 saturated carbocycles. The SMILES string of the molecule is CCNC(=NCCOCCS(C)(=O)=O)NC1CCCN(c2cc(C)ccc2F)C1. The molecular formula is C20H33FN4O3S. The summed E-state index contributed by atoms with van der Waals surface area (Å²) in [6.07, 6.45) is 3.15. The van der Waals surface area contributed by atoms with E-state index < -0.39 is 9.84 Å². The van der Waals surface area contributed by atoms with E-state index in [2.05, 4.69) is 20.5 Å². The first-order valence-electron chi connectivity index (χ1n) is 10.1. The van der Waals surface area contributed by atoms with E-state index in [0.717, 1.165) is 31.5 Å². The van der Waals surface area contributed by atoms with Crippen LogP contribution in [0.4, 0.5) is 10.1 Å². The fourth-order valence-electron chi connectivity index (χ4n) is 3.23. The number of guanidine groups is 1. The first kappa shape index (κ1) is 23.4. The minimum atomic E-state index is -3.01. The number of hydrogen-bond acceptors (Lipinski definition) is 5. The van der Waals surface area contributed by atoms with Gasteiger partial charge in [0.15, 0.2) is 5.96 Å². The molecule has 9 heteroatoms. The Labute approximate surface area is 173 Å². The number of aryl methyl sites for hydroxylation is 1. The smallest absolute Gasteiger partial charge is 0.191 e. The van der Waals surface area contributed by atoms with Gasteiger partial charge < -0.3 is 20.3 Å². The van der Waals surface area contributed by atoms with E-state index in [-0.39, 0.29) is 24.2 Å². The van der Waals surface area contributed by atoms with Crippen LogP contribution in [0.2, 0.25) is 0 Å². The third-order valence-corrected chi connectivity index (χ3v) is 5.56. The molecule has 0 aliphatic carbocycles. The molecule has 1 aliphatic heterocycles. The maximum atomic E-state index is 14.3. The molecule has 0 amide bonds. The zero-order valence-electron chi connectivity index (χ0n) is 17.6. The van der Waals surface area contributed by atoms with E-state index >= 15 is 0 Å². The lowest BCUT2D eigenvalue weighted by molar-refractivity contribution is 0.157. The third kappa shape index (κ3) is 8.57. The number of sulfone groups is 1. The van der Waals surface area contributed by atoms with Gasteiger partial charge >= 0.3 is 0 Å². The lowest BCUT2D eigenvalue weighted by Gasteiger charge is -2.35. The summed E-state index contributed by atoms with van der Waals surface area (Å²) in [5.41, 5.74) is 1.69. The molecule has 0 spiro atoms. The van der Waals surface area contributed by atoms with Crippen LogP contribution in [0.3, 0.4) is 0 Å². The predicted octanol–water partition coefficient (Wildman–Crippen LogP) is 1.72. The number of anilines is 1. The Morgan fingerprint density at radius 3 is 2.90 bits per heavy atom. The molecule has 1 fully saturated rings. The van der Waals surface area contributed by atoms with E-state index in [0.29, 0.717) is 31.3 Å². The number of ether oxygens (including phenoxy) is 1. The Hall–Kier alpha value is -1.87. The van der Waals surface area contributed by atoms with E-state index in [9.17, 15) is 12.8 Å². The zero-order chi connectivity index (χ0) is 21.3. The van der Waals surface area contributed by atoms with E-state index in [1.807, 2.05) is 19.9 Å². The van der Waals surface area contributed by atoms with Crippen LogP contribution in [-0.4, -0.2) is 71.8 Å². The van der Waals surface area contributed by atoms with Gasteiger partial charge in [-0.25, -0.2) is 12.8 Å². The number of halogens is 1. The van der Waals surface area contributed by atoms with Gasteiger partial charge in [0.25, 0.3) is 0 Å². The van der Waals surface area contributed by atoms with Crippen molar-refractivity contribution >= 4 is 21.5 Å². The molecule has 1 aromatic rings. The first-order valence-corrected chi connectivity index (χ1v) is 12.2. The number of nitrogens with one attached hydrogen (secondary N) is 2. The molecular weight excluding hydrogens is 395 g/mol. The van der Waals surface area contributed by atoms with Crippen molar-refractivity contribution in [3.8, 4) is 0 Å². The summed E-state index contributed by atoms with van der Waals surface area (Å²) in [6.45, 7) is 7.20. The van der Waals surface area contributed by atoms with Gasteiger partial charge in [-0.2, -0.15) is 0 Å². The summed E-state index contributed by atoms with van der Waals surface area (Å²) in [4.78, 5) is 6.58. The fourth-order valence-corrected chi connectivity index (χ4v) is 3.65. The molecule has 1 atom stereocenters. The van der Waals surface area contributed by atoms with Crippen molar-refractivity contribution in [1.29, 1.82) is 0 Å². The van der Waals surface area contributed by atoms with Crippen molar-refractivity contribution in [2.45, 2.75) is 32.7 Å². The quantitative estimate of drug-likeness (QED) is 0.354. The van der Waals surface area contributed by atoms with Gasteiger partial charge in [-0.05, 0) is 44.4 Å². The van der Waals surface area contributed by atoms with Crippen molar-refractivity contribution < 1.29 is 17.5 Å². The standard InChI is InChI=1S/C20H33FN4O3S/c1-4-22-20(23-9-11-28-12-13-29(3,26)27)24-17-6-5-10-25(15-17)19-14-16(2)7-8-18(19)21/h7-8,14,17H,4-6,9-13,15H2,1-3H3,(H2,22,23,24). The summed E-state index contributed by atoms with van der Waals surface area (Å²) in [7, 11) is -3.01. The lowest BCUT2D eigenvalue weighted by Crippen LogP contribution is -2.51. The largest absolute Gasteiger partial charge is 0.378 e. The van der Waals surface area contributed by atoms with Crippen LogP contribution in [0, 0.1) is 12.7 Å². The van der Waals surface area contributed by atoms with E-state index in [4.69, 9.17) is 4.74 Å². The summed E-state index contributed by atoms with van der Waals surface area (Å²) in [6, 6.07) is 5.36. The predicted molar refractivity (Wildman–Crippen MR) is 116 cm³/mol. The van der Waals surface area contributed by atoms with Crippen molar-refractivity contribution in [2.24, 2.45) is 4.99 Å². The van der Waals surface area contributed by atoms with Crippen LogP contribution < -0.4 is 15.5 Å². The molecule has 164 valence electrons. The molecule has 2 rings (SSSR count). The van der Waals surface area contributed by atoms with Gasteiger partial charge in [-0.1, -0.05) is 6.07 Å². The van der Waals surface area contributed by atoms with Gasteiger partial charge in [-0.15, -0.1) is 0 Å². The van der Waals surface area contributed by atoms with Crippen molar-refractivity contribution in [3.05, 3.63) is 29.6 Å². The van der Waals surface area contributed by atoms with Crippen molar-refractivity contribution in [3.63, 3.8) is 0 Å². The highest BCUT2D eigenvalue weighted by Crippen LogP contribution is 2.24. The Kier molecular flexibility index (Phi) is 9.16. The zero-order valence-corrected chi connectivity index (χ0v) is 18.4. The van der Waals surface area contributed by atoms with Gasteiger partial charge in [0.05, 0.1) is 31.2 Å². The van der Waals surface area contributed by atoms with Crippen LogP contribution >= 0.6 is 0 Å². The van der Waals surface area contributed by atoms with Crippen LogP contribution in [0.1, 0.15) is 25.3 Å². The Bertz CT molecular complexity index is 786. The van der Waals surface area contributed by atoms with Gasteiger partial charge in [0, 0.05) is 31.9 Å². The molecule has 1 heterocycles. The number of piperidine rings is 1. The van der Waals surface area contributed by atoms with Gasteiger partial charge in [0.2, 0.25) is 0 Å². The summed E-state index contributed by atoms with van der Waals surface area (Å²) < 4.78 is 41.8. The topological polar surface area (TPSA) is 83.0 Å². The molecule has 1 aromatic carbocycles. The van der Waals surface area contributed by atoms with Crippen LogP contribution in [0.25, 0.3) is 0 Å². The second-order valence-corrected chi connectivity index (χ2v) is 9.65. The van der Waals surface area contributed by atoms with Gasteiger partial charge in [-0.3, -0.25) is 4.99 Å². The molecule has 1 saturated heterocycles. The fraction of sp³-hybridized carbons (Fsp3) is 0.650. The maximum Gasteiger partial charge on any atom is 0.191 e. The molecule has 1 unspecified atom stereocenters. The third-order valence-electron chi connectivity index (χ3n) is 4.65. The van der Waals surface area contributed by atoms with Crippen LogP contribution in [-0.2, 0) is 14.6 Å². The number of rotatable bonds is 9. The number of nitrogens with zero attached hydrogens (tertiary/aromatic N) is 2. The highest BCUT2D eigenvalue weighted by atomic mass is 32.2. The number of benzene rings is 1. The summed E-state index contributed by atoms with van der Waals surface area (Å²) in [5, 5.41) is 6.64. The van der Waals surface area contributed by atoms with Crippen molar-refractivity contribution in [2.75, 3.05) is 56.3 Å². The number of aliphatic imine (C=N–C) groups is 1. The average Bonchev–Trinajstić information content (AvgIpc) is 2.66. The van der Waals surface area contributed by atoms with Crippen molar-refractivity contribution in [1.82, 2.24) is 10.6 Å². The highest BCUT2D eigenvalue weighted by molar-refractivity contribution is 7.90. The highest BCUT2D eigenvalue weighted by Gasteiger charge is 2.22. The second-order valence-electron chi connectivity index (χ2n) is 7.39. The van der Waals surface area contributed by atoms with Gasteiger partial charge in [0.1, 0.15) is 15.7 Å². The average molecular weight is 429 g/mol. The second kappa shape index (κ2) is 11.3. The van der Waals surface area contributed by atoms with E-state index in [1.54, 1.807) is 6.07 Å². The molecule has 0 aromatic heterocycles.